The summed E-state index contributed by atoms with van der Waals surface area (Å²) in [6.07, 6.45) is 0.972. The van der Waals surface area contributed by atoms with E-state index in [4.69, 9.17) is 5.11 Å². The summed E-state index contributed by atoms with van der Waals surface area (Å²) < 4.78 is 14.6. The largest absolute Gasteiger partial charge is 0.480 e. The smallest absolute Gasteiger partial charge is 0.317 e. The molecule has 2 fully saturated rings. The van der Waals surface area contributed by atoms with Crippen LogP contribution in [0.25, 0.3) is 0 Å². The van der Waals surface area contributed by atoms with Gasteiger partial charge in [0.15, 0.2) is 0 Å². The number of likely N-dealkylation sites (tertiary alicyclic amines) is 1. The molecule has 3 atom stereocenters. The second-order valence-electron chi connectivity index (χ2n) is 7.14. The van der Waals surface area contributed by atoms with Crippen molar-refractivity contribution >= 4 is 11.7 Å². The Morgan fingerprint density at radius 3 is 2.58 bits per heavy atom. The van der Waals surface area contributed by atoms with Crippen LogP contribution in [-0.2, 0) is 4.79 Å². The Bertz CT molecular complexity index is 637. The molecular formula is C18H26FN3O4. The van der Waals surface area contributed by atoms with E-state index in [0.29, 0.717) is 37.2 Å². The zero-order chi connectivity index (χ0) is 18.7. The summed E-state index contributed by atoms with van der Waals surface area (Å²) >= 11 is 0. The van der Waals surface area contributed by atoms with Crippen molar-refractivity contribution in [2.24, 2.45) is 0 Å². The fourth-order valence-electron chi connectivity index (χ4n) is 3.80. The van der Waals surface area contributed by atoms with E-state index >= 15 is 0 Å². The number of carbonyl (C=O) groups is 1. The highest BCUT2D eigenvalue weighted by Gasteiger charge is 2.28. The van der Waals surface area contributed by atoms with Gasteiger partial charge in [-0.1, -0.05) is 6.07 Å². The van der Waals surface area contributed by atoms with Crippen molar-refractivity contribution in [3.05, 3.63) is 29.6 Å². The lowest BCUT2D eigenvalue weighted by atomic mass is 9.89. The molecule has 2 aliphatic rings. The molecule has 0 aliphatic carbocycles. The van der Waals surface area contributed by atoms with Crippen LogP contribution in [0.3, 0.4) is 0 Å². The molecule has 1 aromatic carbocycles. The van der Waals surface area contributed by atoms with Crippen molar-refractivity contribution in [2.45, 2.75) is 50.1 Å². The number of nitrogens with one attached hydrogen (secondary N) is 2. The summed E-state index contributed by atoms with van der Waals surface area (Å²) in [5, 5.41) is 34.0. The lowest BCUT2D eigenvalue weighted by Gasteiger charge is -2.33. The molecule has 8 heteroatoms. The van der Waals surface area contributed by atoms with Gasteiger partial charge in [-0.15, -0.1) is 0 Å². The van der Waals surface area contributed by atoms with Gasteiger partial charge in [0.25, 0.3) is 0 Å². The lowest BCUT2D eigenvalue weighted by Crippen LogP contribution is -2.53. The van der Waals surface area contributed by atoms with Crippen LogP contribution in [0.5, 0.6) is 0 Å². The molecule has 0 saturated carbocycles. The van der Waals surface area contributed by atoms with Gasteiger partial charge in [-0.3, -0.25) is 15.0 Å². The summed E-state index contributed by atoms with van der Waals surface area (Å²) in [4.78, 5) is 12.6. The number of aliphatic carboxylic acids is 1. The summed E-state index contributed by atoms with van der Waals surface area (Å²) in [5.74, 6) is -1.03. The predicted octanol–water partition coefficient (Wildman–Crippen LogP) is 0.890. The van der Waals surface area contributed by atoms with Gasteiger partial charge in [0.2, 0.25) is 0 Å². The number of benzene rings is 1. The first-order valence-corrected chi connectivity index (χ1v) is 9.04. The Morgan fingerprint density at radius 2 is 1.96 bits per heavy atom. The number of halogens is 1. The zero-order valence-electron chi connectivity index (χ0n) is 14.6. The highest BCUT2D eigenvalue weighted by atomic mass is 19.1. The van der Waals surface area contributed by atoms with Crippen LogP contribution in [0, 0.1) is 5.82 Å². The van der Waals surface area contributed by atoms with E-state index in [1.165, 1.54) is 6.07 Å². The third-order valence-corrected chi connectivity index (χ3v) is 5.23. The minimum Gasteiger partial charge on any atom is -0.480 e. The first kappa shape index (κ1) is 19.0. The second-order valence-corrected chi connectivity index (χ2v) is 7.14. The Morgan fingerprint density at radius 1 is 1.23 bits per heavy atom. The molecular weight excluding hydrogens is 341 g/mol. The van der Waals surface area contributed by atoms with E-state index in [0.717, 1.165) is 12.8 Å². The highest BCUT2D eigenvalue weighted by Crippen LogP contribution is 2.31. The summed E-state index contributed by atoms with van der Waals surface area (Å²) in [6.45, 7) is 1.34. The van der Waals surface area contributed by atoms with Crippen molar-refractivity contribution in [1.82, 2.24) is 10.2 Å². The van der Waals surface area contributed by atoms with E-state index in [1.54, 1.807) is 12.1 Å². The number of carboxylic acid groups (broad SMARTS) is 1. The normalized spacial score (nSPS) is 28.0. The Hall–Kier alpha value is -1.74. The molecule has 1 aromatic rings. The van der Waals surface area contributed by atoms with E-state index in [2.05, 4.69) is 10.6 Å². The van der Waals surface area contributed by atoms with Gasteiger partial charge in [0.05, 0.1) is 12.6 Å². The number of aliphatic hydroxyl groups is 2. The van der Waals surface area contributed by atoms with Crippen LogP contribution < -0.4 is 10.6 Å². The summed E-state index contributed by atoms with van der Waals surface area (Å²) in [6, 6.07) is 4.73. The van der Waals surface area contributed by atoms with Gasteiger partial charge in [0.1, 0.15) is 18.3 Å². The number of hydrogen-bond donors (Lipinski definition) is 5. The minimum atomic E-state index is -0.889. The summed E-state index contributed by atoms with van der Waals surface area (Å²) in [7, 11) is 0. The molecule has 0 amide bonds. The van der Waals surface area contributed by atoms with Crippen molar-refractivity contribution in [3.63, 3.8) is 0 Å². The second kappa shape index (κ2) is 8.30. The van der Waals surface area contributed by atoms with Crippen LogP contribution in [0.15, 0.2) is 18.2 Å². The maximum atomic E-state index is 14.6. The maximum absolute atomic E-state index is 14.6. The van der Waals surface area contributed by atoms with E-state index in [1.807, 2.05) is 4.90 Å². The van der Waals surface area contributed by atoms with E-state index < -0.39 is 18.4 Å². The maximum Gasteiger partial charge on any atom is 0.317 e. The van der Waals surface area contributed by atoms with Gasteiger partial charge in [-0.05, 0) is 62.4 Å². The molecule has 2 saturated heterocycles. The average molecular weight is 367 g/mol. The predicted molar refractivity (Wildman–Crippen MR) is 94.2 cm³/mol. The number of hydrogen-bond acceptors (Lipinski definition) is 6. The number of anilines is 1. The fourth-order valence-corrected chi connectivity index (χ4v) is 3.80. The average Bonchev–Trinajstić information content (AvgIpc) is 2.58. The first-order valence-electron chi connectivity index (χ1n) is 9.04. The number of rotatable bonds is 5. The van der Waals surface area contributed by atoms with Gasteiger partial charge < -0.3 is 20.6 Å². The highest BCUT2D eigenvalue weighted by molar-refractivity contribution is 5.69. The topological polar surface area (TPSA) is 105 Å². The molecule has 0 aromatic heterocycles. The minimum absolute atomic E-state index is 0.0322. The summed E-state index contributed by atoms with van der Waals surface area (Å²) in [5.41, 5.74) is 1.25. The van der Waals surface area contributed by atoms with Gasteiger partial charge >= 0.3 is 5.97 Å². The number of piperidine rings is 2. The molecule has 3 rings (SSSR count). The third kappa shape index (κ3) is 4.70. The molecule has 5 N–H and O–H groups in total. The third-order valence-electron chi connectivity index (χ3n) is 5.23. The van der Waals surface area contributed by atoms with Crippen LogP contribution in [0.2, 0.25) is 0 Å². The van der Waals surface area contributed by atoms with Crippen molar-refractivity contribution < 1.29 is 24.5 Å². The Balaban J connectivity index is 1.59. The first-order chi connectivity index (χ1) is 12.4. The molecule has 144 valence electrons. The molecule has 0 spiro atoms. The van der Waals surface area contributed by atoms with Crippen molar-refractivity contribution in [2.75, 3.05) is 25.0 Å². The van der Waals surface area contributed by atoms with Gasteiger partial charge in [0, 0.05) is 5.69 Å². The fraction of sp³-hybridized carbons (Fsp3) is 0.611. The lowest BCUT2D eigenvalue weighted by molar-refractivity contribution is -0.138. The quantitative estimate of drug-likeness (QED) is 0.526. The van der Waals surface area contributed by atoms with E-state index in [9.17, 15) is 19.4 Å². The van der Waals surface area contributed by atoms with Crippen LogP contribution in [0.1, 0.15) is 37.2 Å². The van der Waals surface area contributed by atoms with Gasteiger partial charge in [-0.2, -0.15) is 0 Å². The standard InChI is InChI=1S/C18H26FN3O4/c19-14-9-12(20-15-3-4-16(23)21-18(15)26)1-2-13(14)11-5-7-22(8-6-11)10-17(24)25/h1-2,9,11,15-16,18,20-21,23,26H,3-8,10H2,(H,24,25). The van der Waals surface area contributed by atoms with Crippen LogP contribution >= 0.6 is 0 Å². The Kier molecular flexibility index (Phi) is 6.08. The number of carboxylic acids is 1. The van der Waals surface area contributed by atoms with Crippen molar-refractivity contribution in [1.29, 1.82) is 0 Å². The van der Waals surface area contributed by atoms with Gasteiger partial charge in [-0.25, -0.2) is 4.39 Å². The molecule has 7 nitrogen and oxygen atoms in total. The molecule has 0 radical (unpaired) electrons. The van der Waals surface area contributed by atoms with Crippen LogP contribution in [0.4, 0.5) is 10.1 Å². The number of nitrogens with zero attached hydrogens (tertiary/aromatic N) is 1. The molecule has 26 heavy (non-hydrogen) atoms. The Labute approximate surface area is 151 Å². The zero-order valence-corrected chi connectivity index (χ0v) is 14.6. The SMILES string of the molecule is O=C(O)CN1CCC(c2ccc(NC3CCC(O)NC3O)cc2F)CC1. The molecule has 0 bridgehead atoms. The van der Waals surface area contributed by atoms with Crippen LogP contribution in [-0.4, -0.2) is 64.3 Å². The molecule has 2 aliphatic heterocycles. The molecule has 2 heterocycles. The number of aliphatic hydroxyl groups excluding tert-OH is 2. The monoisotopic (exact) mass is 367 g/mol. The van der Waals surface area contributed by atoms with Crippen molar-refractivity contribution in [3.8, 4) is 0 Å². The molecule has 3 unspecified atom stereocenters. The van der Waals surface area contributed by atoms with E-state index in [-0.39, 0.29) is 24.3 Å².